The molecule has 0 aromatic heterocycles. The van der Waals surface area contributed by atoms with E-state index in [1.165, 1.54) is 36.4 Å². The molecule has 0 unspecified atom stereocenters. The van der Waals surface area contributed by atoms with E-state index in [4.69, 9.17) is 4.74 Å². The third-order valence-corrected chi connectivity index (χ3v) is 4.60. The molecule has 2 aromatic rings. The molecule has 1 aliphatic heterocycles. The van der Waals surface area contributed by atoms with Gasteiger partial charge in [0, 0.05) is 18.7 Å². The van der Waals surface area contributed by atoms with Crippen molar-refractivity contribution in [3.05, 3.63) is 65.7 Å². The highest BCUT2D eigenvalue weighted by atomic mass is 19.1. The van der Waals surface area contributed by atoms with Gasteiger partial charge < -0.3 is 9.64 Å². The van der Waals surface area contributed by atoms with Crippen LogP contribution in [0.15, 0.2) is 48.5 Å². The fourth-order valence-electron chi connectivity index (χ4n) is 3.07. The fourth-order valence-corrected chi connectivity index (χ4v) is 3.07. The molecule has 1 saturated heterocycles. The van der Waals surface area contributed by atoms with E-state index in [-0.39, 0.29) is 17.5 Å². The van der Waals surface area contributed by atoms with Crippen LogP contribution in [-0.4, -0.2) is 30.5 Å². The van der Waals surface area contributed by atoms with Gasteiger partial charge in [-0.3, -0.25) is 4.79 Å². The molecular weight excluding hydrogens is 324 g/mol. The molecule has 3 rings (SSSR count). The molecule has 0 saturated carbocycles. The molecule has 2 aromatic carbocycles. The molecule has 1 heterocycles. The Morgan fingerprint density at radius 1 is 0.960 bits per heavy atom. The van der Waals surface area contributed by atoms with Crippen molar-refractivity contribution in [3.63, 3.8) is 0 Å². The highest BCUT2D eigenvalue weighted by Gasteiger charge is 2.23. The van der Waals surface area contributed by atoms with Gasteiger partial charge in [-0.25, -0.2) is 8.78 Å². The molecule has 1 fully saturated rings. The lowest BCUT2D eigenvalue weighted by Gasteiger charge is -2.32. The highest BCUT2D eigenvalue weighted by molar-refractivity contribution is 5.94. The Hall–Kier alpha value is -2.43. The second-order valence-corrected chi connectivity index (χ2v) is 6.33. The molecule has 5 heteroatoms. The van der Waals surface area contributed by atoms with Crippen molar-refractivity contribution >= 4 is 5.91 Å². The first kappa shape index (κ1) is 17.4. The largest absolute Gasteiger partial charge is 0.494 e. The maximum atomic E-state index is 12.9. The molecule has 0 atom stereocenters. The Balaban J connectivity index is 1.41. The summed E-state index contributed by atoms with van der Waals surface area (Å²) in [5, 5.41) is 0. The van der Waals surface area contributed by atoms with Crippen molar-refractivity contribution < 1.29 is 18.3 Å². The smallest absolute Gasteiger partial charge is 0.253 e. The number of nitrogens with zero attached hydrogens (tertiary/aromatic N) is 1. The molecule has 0 N–H and O–H groups in total. The Bertz CT molecular complexity index is 693. The summed E-state index contributed by atoms with van der Waals surface area (Å²) in [6.07, 6.45) is 2.77. The summed E-state index contributed by atoms with van der Waals surface area (Å²) in [7, 11) is 0. The molecule has 0 spiro atoms. The molecule has 132 valence electrons. The van der Waals surface area contributed by atoms with Crippen molar-refractivity contribution in [2.45, 2.75) is 19.3 Å². The topological polar surface area (TPSA) is 29.5 Å². The van der Waals surface area contributed by atoms with Crippen LogP contribution in [0.4, 0.5) is 8.78 Å². The summed E-state index contributed by atoms with van der Waals surface area (Å²) < 4.78 is 31.4. The van der Waals surface area contributed by atoms with Crippen molar-refractivity contribution in [1.29, 1.82) is 0 Å². The zero-order chi connectivity index (χ0) is 17.6. The number of halogens is 2. The van der Waals surface area contributed by atoms with Crippen LogP contribution in [0.1, 0.15) is 29.6 Å². The third kappa shape index (κ3) is 4.78. The van der Waals surface area contributed by atoms with Crippen LogP contribution in [0.5, 0.6) is 5.75 Å². The van der Waals surface area contributed by atoms with E-state index in [1.807, 2.05) is 4.90 Å². The summed E-state index contributed by atoms with van der Waals surface area (Å²) in [6.45, 7) is 2.00. The lowest BCUT2D eigenvalue weighted by atomic mass is 9.93. The SMILES string of the molecule is O=C(c1ccc(F)cc1)N1CCC(CCOc2ccc(F)cc2)CC1. The lowest BCUT2D eigenvalue weighted by Crippen LogP contribution is -2.38. The van der Waals surface area contributed by atoms with Gasteiger partial charge in [-0.2, -0.15) is 0 Å². The zero-order valence-corrected chi connectivity index (χ0v) is 14.0. The van der Waals surface area contributed by atoms with Gasteiger partial charge in [0.25, 0.3) is 5.91 Å². The van der Waals surface area contributed by atoms with E-state index in [0.29, 0.717) is 36.9 Å². The standard InChI is InChI=1S/C20H21F2NO2/c21-17-3-1-16(2-4-17)20(24)23-12-9-15(10-13-23)11-14-25-19-7-5-18(22)6-8-19/h1-8,15H,9-14H2. The first-order valence-corrected chi connectivity index (χ1v) is 8.55. The van der Waals surface area contributed by atoms with E-state index >= 15 is 0 Å². The first-order valence-electron chi connectivity index (χ1n) is 8.55. The number of amides is 1. The normalized spacial score (nSPS) is 15.2. The van der Waals surface area contributed by atoms with Crippen LogP contribution in [0.2, 0.25) is 0 Å². The number of carbonyl (C=O) groups is 1. The molecule has 3 nitrogen and oxygen atoms in total. The molecule has 1 amide bonds. The van der Waals surface area contributed by atoms with Crippen LogP contribution >= 0.6 is 0 Å². The second-order valence-electron chi connectivity index (χ2n) is 6.33. The summed E-state index contributed by atoms with van der Waals surface area (Å²) in [6, 6.07) is 11.7. The fraction of sp³-hybridized carbons (Fsp3) is 0.350. The Labute approximate surface area is 146 Å². The second kappa shape index (κ2) is 8.10. The van der Waals surface area contributed by atoms with Gasteiger partial charge in [0.15, 0.2) is 0 Å². The Morgan fingerprint density at radius 2 is 1.52 bits per heavy atom. The number of ether oxygens (including phenoxy) is 1. The summed E-state index contributed by atoms with van der Waals surface area (Å²) in [5.41, 5.74) is 0.527. The highest BCUT2D eigenvalue weighted by Crippen LogP contribution is 2.22. The van der Waals surface area contributed by atoms with Crippen molar-refractivity contribution in [2.24, 2.45) is 5.92 Å². The van der Waals surface area contributed by atoms with Crippen LogP contribution in [0.3, 0.4) is 0 Å². The maximum Gasteiger partial charge on any atom is 0.253 e. The van der Waals surface area contributed by atoms with Gasteiger partial charge in [0.2, 0.25) is 0 Å². The van der Waals surface area contributed by atoms with Gasteiger partial charge >= 0.3 is 0 Å². The molecule has 1 aliphatic rings. The Kier molecular flexibility index (Phi) is 5.64. The van der Waals surface area contributed by atoms with E-state index in [0.717, 1.165) is 19.3 Å². The van der Waals surface area contributed by atoms with Crippen molar-refractivity contribution in [3.8, 4) is 5.75 Å². The van der Waals surface area contributed by atoms with E-state index in [1.54, 1.807) is 12.1 Å². The Morgan fingerprint density at radius 3 is 2.12 bits per heavy atom. The molecular formula is C20H21F2NO2. The summed E-state index contributed by atoms with van der Waals surface area (Å²) >= 11 is 0. The number of carbonyl (C=O) groups excluding carboxylic acids is 1. The molecule has 0 radical (unpaired) electrons. The van der Waals surface area contributed by atoms with Crippen LogP contribution in [0, 0.1) is 17.6 Å². The molecule has 25 heavy (non-hydrogen) atoms. The zero-order valence-electron chi connectivity index (χ0n) is 14.0. The van der Waals surface area contributed by atoms with Crippen LogP contribution < -0.4 is 4.74 Å². The number of benzene rings is 2. The quantitative estimate of drug-likeness (QED) is 0.809. The van der Waals surface area contributed by atoms with Crippen molar-refractivity contribution in [1.82, 2.24) is 4.90 Å². The lowest BCUT2D eigenvalue weighted by molar-refractivity contribution is 0.0680. The van der Waals surface area contributed by atoms with Gasteiger partial charge in [0.1, 0.15) is 17.4 Å². The maximum absolute atomic E-state index is 12.9. The van der Waals surface area contributed by atoms with Crippen molar-refractivity contribution in [2.75, 3.05) is 19.7 Å². The average Bonchev–Trinajstić information content (AvgIpc) is 2.64. The minimum atomic E-state index is -0.337. The van der Waals surface area contributed by atoms with Crippen LogP contribution in [0.25, 0.3) is 0 Å². The minimum absolute atomic E-state index is 0.0407. The predicted octanol–water partition coefficient (Wildman–Crippen LogP) is 4.29. The number of piperidine rings is 1. The van der Waals surface area contributed by atoms with Gasteiger partial charge in [-0.15, -0.1) is 0 Å². The molecule has 0 aliphatic carbocycles. The number of likely N-dealkylation sites (tertiary alicyclic amines) is 1. The van der Waals surface area contributed by atoms with E-state index in [2.05, 4.69) is 0 Å². The average molecular weight is 345 g/mol. The first-order chi connectivity index (χ1) is 12.1. The van der Waals surface area contributed by atoms with Gasteiger partial charge in [0.05, 0.1) is 6.61 Å². The van der Waals surface area contributed by atoms with E-state index in [9.17, 15) is 13.6 Å². The number of hydrogen-bond acceptors (Lipinski definition) is 2. The summed E-state index contributed by atoms with van der Waals surface area (Å²) in [5.74, 6) is 0.533. The number of rotatable bonds is 5. The monoisotopic (exact) mass is 345 g/mol. The molecule has 0 bridgehead atoms. The predicted molar refractivity (Wildman–Crippen MR) is 91.5 cm³/mol. The number of hydrogen-bond donors (Lipinski definition) is 0. The van der Waals surface area contributed by atoms with Gasteiger partial charge in [-0.1, -0.05) is 0 Å². The van der Waals surface area contributed by atoms with E-state index < -0.39 is 0 Å². The summed E-state index contributed by atoms with van der Waals surface area (Å²) in [4.78, 5) is 14.2. The van der Waals surface area contributed by atoms with Crippen LogP contribution in [-0.2, 0) is 0 Å². The van der Waals surface area contributed by atoms with Gasteiger partial charge in [-0.05, 0) is 73.7 Å². The third-order valence-electron chi connectivity index (χ3n) is 4.60. The minimum Gasteiger partial charge on any atom is -0.494 e.